The van der Waals surface area contributed by atoms with Crippen LogP contribution in [0.5, 0.6) is 0 Å². The van der Waals surface area contributed by atoms with Gasteiger partial charge in [0.15, 0.2) is 0 Å². The predicted molar refractivity (Wildman–Crippen MR) is 176 cm³/mol. The second-order valence-electron chi connectivity index (χ2n) is 11.7. The van der Waals surface area contributed by atoms with E-state index in [4.69, 9.17) is 27.1 Å². The van der Waals surface area contributed by atoms with Gasteiger partial charge in [0, 0.05) is 17.3 Å². The van der Waals surface area contributed by atoms with Crippen molar-refractivity contribution >= 4 is 54.5 Å². The molecule has 0 bridgehead atoms. The van der Waals surface area contributed by atoms with Gasteiger partial charge in [-0.3, -0.25) is 9.05 Å². The Bertz CT molecular complexity index is 756. The standard InChI is InChI=1S/C25H55O10P3S3/c1-19(2)12-30-36(27,31-13-20(3)4)40-17-24(10)34-38(29,39-16-23(9)26)35-25(11)18-41-37(28,32-14-21(5)6)33-15-22(7)8/h19-26H,12-18H2,1-11H3. The highest BCUT2D eigenvalue weighted by Gasteiger charge is 2.35. The van der Waals surface area contributed by atoms with Gasteiger partial charge >= 0.3 is 20.4 Å². The Balaban J connectivity index is 5.41. The van der Waals surface area contributed by atoms with Gasteiger partial charge in [-0.2, -0.15) is 0 Å². The minimum atomic E-state index is -3.79. The summed E-state index contributed by atoms with van der Waals surface area (Å²) in [5.41, 5.74) is 0. The van der Waals surface area contributed by atoms with E-state index in [1.165, 1.54) is 0 Å². The van der Waals surface area contributed by atoms with E-state index in [1.807, 2.05) is 55.4 Å². The molecule has 0 aromatic carbocycles. The minimum absolute atomic E-state index is 0.123. The fraction of sp³-hybridized carbons (Fsp3) is 1.00. The van der Waals surface area contributed by atoms with Gasteiger partial charge in [-0.05, 0) is 78.6 Å². The fourth-order valence-electron chi connectivity index (χ4n) is 2.36. The van der Waals surface area contributed by atoms with Crippen molar-refractivity contribution < 1.29 is 45.9 Å². The van der Waals surface area contributed by atoms with Crippen LogP contribution in [0.25, 0.3) is 0 Å². The maximum absolute atomic E-state index is 13.8. The van der Waals surface area contributed by atoms with Crippen LogP contribution in [-0.2, 0) is 40.8 Å². The zero-order valence-corrected chi connectivity index (χ0v) is 31.8. The average Bonchev–Trinajstić information content (AvgIpc) is 2.85. The maximum atomic E-state index is 13.8. The lowest BCUT2D eigenvalue weighted by Crippen LogP contribution is -2.16. The van der Waals surface area contributed by atoms with Crippen molar-refractivity contribution in [3.05, 3.63) is 0 Å². The second kappa shape index (κ2) is 21.3. The smallest absolute Gasteiger partial charge is 0.389 e. The molecule has 1 N–H and O–H groups in total. The molecule has 0 saturated heterocycles. The van der Waals surface area contributed by atoms with Crippen LogP contribution in [0.1, 0.15) is 76.2 Å². The summed E-state index contributed by atoms with van der Waals surface area (Å²) < 4.78 is 74.8. The predicted octanol–water partition coefficient (Wildman–Crippen LogP) is 9.39. The third kappa shape index (κ3) is 22.6. The highest BCUT2D eigenvalue weighted by Crippen LogP contribution is 2.66. The molecule has 0 aromatic heterocycles. The molecule has 0 rings (SSSR count). The first kappa shape index (κ1) is 42.5. The van der Waals surface area contributed by atoms with Crippen LogP contribution in [0.4, 0.5) is 0 Å². The molecule has 0 amide bonds. The molecule has 0 heterocycles. The summed E-state index contributed by atoms with van der Waals surface area (Å²) in [7, 11) is 0. The molecule has 16 heteroatoms. The zero-order chi connectivity index (χ0) is 31.9. The van der Waals surface area contributed by atoms with Gasteiger partial charge in [-0.1, -0.05) is 55.4 Å². The van der Waals surface area contributed by atoms with E-state index in [-0.39, 0.29) is 67.4 Å². The highest BCUT2D eigenvalue weighted by atomic mass is 32.7. The van der Waals surface area contributed by atoms with Crippen molar-refractivity contribution in [1.29, 1.82) is 0 Å². The third-order valence-electron chi connectivity index (χ3n) is 4.29. The molecular weight excluding hydrogens is 649 g/mol. The minimum Gasteiger partial charge on any atom is -0.393 e. The summed E-state index contributed by atoms with van der Waals surface area (Å²) >= 11 is 2.90. The number of hydrogen-bond donors (Lipinski definition) is 1. The summed E-state index contributed by atoms with van der Waals surface area (Å²) in [6.45, 7) is 11.1. The van der Waals surface area contributed by atoms with Crippen LogP contribution >= 0.6 is 54.5 Å². The van der Waals surface area contributed by atoms with Gasteiger partial charge in [0.05, 0.1) is 44.7 Å². The Labute approximate surface area is 261 Å². The van der Waals surface area contributed by atoms with E-state index >= 15 is 0 Å². The topological polar surface area (TPSA) is 127 Å². The monoisotopic (exact) mass is 704 g/mol. The van der Waals surface area contributed by atoms with Crippen molar-refractivity contribution in [2.24, 2.45) is 23.7 Å². The summed E-state index contributed by atoms with van der Waals surface area (Å²) in [5, 5.41) is 9.82. The van der Waals surface area contributed by atoms with E-state index in [0.29, 0.717) is 0 Å². The van der Waals surface area contributed by atoms with Crippen molar-refractivity contribution in [3.8, 4) is 0 Å². The normalized spacial score (nSPS) is 17.0. The number of aliphatic hydroxyl groups excluding tert-OH is 1. The molecule has 41 heavy (non-hydrogen) atoms. The van der Waals surface area contributed by atoms with E-state index in [9.17, 15) is 18.8 Å². The molecule has 0 radical (unpaired) electrons. The maximum Gasteiger partial charge on any atom is 0.389 e. The van der Waals surface area contributed by atoms with E-state index in [2.05, 4.69) is 0 Å². The van der Waals surface area contributed by atoms with Gasteiger partial charge in [0.1, 0.15) is 0 Å². The molecule has 0 aliphatic heterocycles. The Kier molecular flexibility index (Phi) is 22.0. The lowest BCUT2D eigenvalue weighted by atomic mass is 10.2. The number of rotatable bonds is 25. The van der Waals surface area contributed by atoms with Gasteiger partial charge in [-0.25, -0.2) is 13.7 Å². The Morgan fingerprint density at radius 3 is 1.00 bits per heavy atom. The van der Waals surface area contributed by atoms with Crippen LogP contribution < -0.4 is 0 Å². The van der Waals surface area contributed by atoms with E-state index in [0.717, 1.165) is 34.1 Å². The number of aliphatic hydroxyl groups is 1. The molecule has 0 aliphatic carbocycles. The van der Waals surface area contributed by atoms with E-state index < -0.39 is 38.7 Å². The van der Waals surface area contributed by atoms with Crippen LogP contribution in [-0.4, -0.2) is 67.1 Å². The zero-order valence-electron chi connectivity index (χ0n) is 26.7. The van der Waals surface area contributed by atoms with E-state index in [1.54, 1.807) is 20.8 Å². The van der Waals surface area contributed by atoms with Crippen molar-refractivity contribution in [2.75, 3.05) is 43.7 Å². The first-order chi connectivity index (χ1) is 18.8. The molecule has 3 unspecified atom stereocenters. The molecule has 0 saturated carbocycles. The van der Waals surface area contributed by atoms with Gasteiger partial charge in [-0.15, -0.1) is 0 Å². The van der Waals surface area contributed by atoms with Crippen LogP contribution in [0.3, 0.4) is 0 Å². The molecule has 0 aliphatic rings. The molecule has 0 spiro atoms. The fourth-order valence-corrected chi connectivity index (χ4v) is 13.9. The second-order valence-corrected chi connectivity index (χ2v) is 23.9. The Morgan fingerprint density at radius 2 is 0.756 bits per heavy atom. The van der Waals surface area contributed by atoms with Gasteiger partial charge < -0.3 is 23.2 Å². The summed E-state index contributed by atoms with van der Waals surface area (Å²) in [5.74, 6) is 1.18. The highest BCUT2D eigenvalue weighted by molar-refractivity contribution is 8.56. The number of hydrogen-bond acceptors (Lipinski definition) is 13. The first-order valence-electron chi connectivity index (χ1n) is 14.1. The largest absolute Gasteiger partial charge is 0.393 e. The molecule has 0 aromatic rings. The van der Waals surface area contributed by atoms with Gasteiger partial charge in [0.25, 0.3) is 0 Å². The Morgan fingerprint density at radius 1 is 0.488 bits per heavy atom. The lowest BCUT2D eigenvalue weighted by molar-refractivity contribution is 0.158. The molecule has 10 nitrogen and oxygen atoms in total. The van der Waals surface area contributed by atoms with Crippen molar-refractivity contribution in [2.45, 2.75) is 94.5 Å². The van der Waals surface area contributed by atoms with Crippen LogP contribution in [0.2, 0.25) is 0 Å². The average molecular weight is 705 g/mol. The first-order valence-corrected chi connectivity index (χ1v) is 23.5. The van der Waals surface area contributed by atoms with Crippen LogP contribution in [0, 0.1) is 23.7 Å². The SMILES string of the molecule is CC(C)COP(=O)(OCC(C)C)SCC(C)OP(=O)(OC(C)CSP(=O)(OCC(C)C)OCC(C)C)SCC(C)O. The van der Waals surface area contributed by atoms with Crippen LogP contribution in [0.15, 0.2) is 0 Å². The molecule has 248 valence electrons. The third-order valence-corrected chi connectivity index (χ3v) is 16.2. The quantitative estimate of drug-likeness (QED) is 0.0908. The summed E-state index contributed by atoms with van der Waals surface area (Å²) in [6.07, 6.45) is -2.01. The molecule has 0 fully saturated rings. The molecule has 3 atom stereocenters. The Hall–Kier alpha value is 1.46. The molecular formula is C25H55O10P3S3. The van der Waals surface area contributed by atoms with Gasteiger partial charge in [0.2, 0.25) is 0 Å². The summed E-state index contributed by atoms with van der Waals surface area (Å²) in [6, 6.07) is 0. The van der Waals surface area contributed by atoms with Crippen molar-refractivity contribution in [3.63, 3.8) is 0 Å². The van der Waals surface area contributed by atoms with Crippen molar-refractivity contribution in [1.82, 2.24) is 0 Å². The lowest BCUT2D eigenvalue weighted by Gasteiger charge is -2.27. The summed E-state index contributed by atoms with van der Waals surface area (Å²) in [4.78, 5) is 0.